The van der Waals surface area contributed by atoms with Crippen molar-refractivity contribution in [1.29, 1.82) is 10.5 Å². The molecule has 0 aliphatic rings. The van der Waals surface area contributed by atoms with E-state index in [2.05, 4.69) is 81.9 Å². The number of nitrogens with zero attached hydrogens (tertiary/aromatic N) is 6. The summed E-state index contributed by atoms with van der Waals surface area (Å²) < 4.78 is 4.19. The lowest BCUT2D eigenvalue weighted by molar-refractivity contribution is 0.995. The van der Waals surface area contributed by atoms with Gasteiger partial charge in [0.15, 0.2) is 0 Å². The number of para-hydroxylation sites is 3. The predicted octanol–water partition coefficient (Wildman–Crippen LogP) is 9.75. The van der Waals surface area contributed by atoms with Crippen molar-refractivity contribution in [3.8, 4) is 46.3 Å². The molecular weight excluding hydrogens is 589 g/mol. The molecule has 48 heavy (non-hydrogen) atoms. The van der Waals surface area contributed by atoms with Crippen molar-refractivity contribution in [2.45, 2.75) is 0 Å². The molecule has 6 heteroatoms. The van der Waals surface area contributed by atoms with Crippen LogP contribution in [0.1, 0.15) is 11.1 Å². The average Bonchev–Trinajstić information content (AvgIpc) is 3.65. The fourth-order valence-electron chi connectivity index (χ4n) is 6.90. The summed E-state index contributed by atoms with van der Waals surface area (Å²) in [5.41, 5.74) is 8.79. The van der Waals surface area contributed by atoms with Gasteiger partial charge >= 0.3 is 0 Å². The van der Waals surface area contributed by atoms with E-state index in [9.17, 15) is 10.5 Å². The molecule has 0 aliphatic carbocycles. The van der Waals surface area contributed by atoms with Gasteiger partial charge in [-0.15, -0.1) is 0 Å². The highest BCUT2D eigenvalue weighted by Gasteiger charge is 2.22. The van der Waals surface area contributed by atoms with Gasteiger partial charge in [-0.25, -0.2) is 9.97 Å². The van der Waals surface area contributed by atoms with E-state index in [1.54, 1.807) is 18.2 Å². The molecule has 9 rings (SSSR count). The lowest BCUT2D eigenvalue weighted by Gasteiger charge is -2.13. The highest BCUT2D eigenvalue weighted by molar-refractivity contribution is 6.19. The molecule has 3 heterocycles. The topological polar surface area (TPSA) is 83.2 Å². The largest absolute Gasteiger partial charge is 0.307 e. The summed E-state index contributed by atoms with van der Waals surface area (Å²) in [7, 11) is 0. The minimum absolute atomic E-state index is 0.434. The molecule has 0 N–H and O–H groups in total. The second kappa shape index (κ2) is 10.8. The van der Waals surface area contributed by atoms with Crippen LogP contribution >= 0.6 is 0 Å². The van der Waals surface area contributed by atoms with E-state index in [0.29, 0.717) is 22.8 Å². The van der Waals surface area contributed by atoms with Crippen LogP contribution in [0.3, 0.4) is 0 Å². The van der Waals surface area contributed by atoms with Gasteiger partial charge in [-0.3, -0.25) is 4.57 Å². The number of hydrogen-bond acceptors (Lipinski definition) is 4. The Balaban J connectivity index is 1.43. The first kappa shape index (κ1) is 27.3. The number of nitriles is 2. The molecule has 0 radical (unpaired) electrons. The Morgan fingerprint density at radius 3 is 1.44 bits per heavy atom. The van der Waals surface area contributed by atoms with Crippen molar-refractivity contribution in [2.24, 2.45) is 0 Å². The zero-order chi connectivity index (χ0) is 32.2. The van der Waals surface area contributed by atoms with Crippen LogP contribution < -0.4 is 0 Å². The predicted molar refractivity (Wildman–Crippen MR) is 191 cm³/mol. The summed E-state index contributed by atoms with van der Waals surface area (Å²) in [6.45, 7) is 0. The molecular formula is C42H24N6. The fourth-order valence-corrected chi connectivity index (χ4v) is 6.90. The quantitative estimate of drug-likeness (QED) is 0.198. The van der Waals surface area contributed by atoms with Crippen molar-refractivity contribution in [3.63, 3.8) is 0 Å². The van der Waals surface area contributed by atoms with Crippen LogP contribution in [0.2, 0.25) is 0 Å². The van der Waals surface area contributed by atoms with Crippen LogP contribution in [-0.4, -0.2) is 19.1 Å². The van der Waals surface area contributed by atoms with Crippen LogP contribution in [0.5, 0.6) is 0 Å². The Hall–Kier alpha value is -7.02. The zero-order valence-electron chi connectivity index (χ0n) is 25.5. The minimum Gasteiger partial charge on any atom is -0.307 e. The first-order valence-electron chi connectivity index (χ1n) is 15.6. The van der Waals surface area contributed by atoms with Gasteiger partial charge < -0.3 is 4.57 Å². The van der Waals surface area contributed by atoms with Crippen LogP contribution in [0.4, 0.5) is 0 Å². The molecule has 0 atom stereocenters. The lowest BCUT2D eigenvalue weighted by atomic mass is 10.1. The van der Waals surface area contributed by atoms with Gasteiger partial charge in [0.05, 0.1) is 50.3 Å². The summed E-state index contributed by atoms with van der Waals surface area (Å²) in [6, 6.07) is 53.2. The fraction of sp³-hybridized carbons (Fsp3) is 0. The van der Waals surface area contributed by atoms with Gasteiger partial charge in [-0.05, 0) is 42.5 Å². The third kappa shape index (κ3) is 4.11. The van der Waals surface area contributed by atoms with E-state index in [1.165, 1.54) is 0 Å². The van der Waals surface area contributed by atoms with Crippen molar-refractivity contribution in [2.75, 3.05) is 0 Å². The summed E-state index contributed by atoms with van der Waals surface area (Å²) in [5.74, 6) is 0.554. The van der Waals surface area contributed by atoms with Crippen molar-refractivity contribution in [3.05, 3.63) is 157 Å². The molecule has 3 aromatic heterocycles. The number of benzene rings is 6. The van der Waals surface area contributed by atoms with Gasteiger partial charge in [0.25, 0.3) is 0 Å². The van der Waals surface area contributed by atoms with Crippen LogP contribution in [0, 0.1) is 22.7 Å². The zero-order valence-corrected chi connectivity index (χ0v) is 25.5. The lowest BCUT2D eigenvalue weighted by Crippen LogP contribution is -2.04. The molecule has 6 aromatic carbocycles. The Labute approximate surface area is 275 Å². The average molecular weight is 613 g/mol. The SMILES string of the molecule is N#Cc1cccc(C#N)c1-n1c2ccccc2c2cc3c4ccccc4n(-c4nc(-c5ccccc5)cc(-c5ccccc5)n4)c3cc21. The molecule has 0 saturated heterocycles. The third-order valence-corrected chi connectivity index (χ3v) is 9.02. The maximum absolute atomic E-state index is 10.2. The van der Waals surface area contributed by atoms with E-state index in [4.69, 9.17) is 9.97 Å². The van der Waals surface area contributed by atoms with Crippen molar-refractivity contribution >= 4 is 43.6 Å². The van der Waals surface area contributed by atoms with Crippen molar-refractivity contribution < 1.29 is 0 Å². The molecule has 0 bridgehead atoms. The summed E-state index contributed by atoms with van der Waals surface area (Å²) in [5, 5.41) is 24.6. The molecule has 0 saturated carbocycles. The van der Waals surface area contributed by atoms with Crippen molar-refractivity contribution in [1.82, 2.24) is 19.1 Å². The maximum atomic E-state index is 10.2. The minimum atomic E-state index is 0.434. The van der Waals surface area contributed by atoms with Crippen LogP contribution in [-0.2, 0) is 0 Å². The Morgan fingerprint density at radius 2 is 0.896 bits per heavy atom. The molecule has 0 fully saturated rings. The second-order valence-electron chi connectivity index (χ2n) is 11.7. The summed E-state index contributed by atoms with van der Waals surface area (Å²) in [6.07, 6.45) is 0. The highest BCUT2D eigenvalue weighted by Crippen LogP contribution is 2.40. The Bertz CT molecular complexity index is 2710. The molecule has 6 nitrogen and oxygen atoms in total. The van der Waals surface area contributed by atoms with E-state index in [0.717, 1.165) is 66.1 Å². The van der Waals surface area contributed by atoms with Crippen LogP contribution in [0.15, 0.2) is 146 Å². The third-order valence-electron chi connectivity index (χ3n) is 9.02. The van der Waals surface area contributed by atoms with Gasteiger partial charge in [0.1, 0.15) is 12.1 Å². The molecule has 222 valence electrons. The summed E-state index contributed by atoms with van der Waals surface area (Å²) in [4.78, 5) is 10.4. The monoisotopic (exact) mass is 612 g/mol. The standard InChI is InChI=1S/C42H24N6/c43-25-29-16-11-17-30(26-44)41(29)47-37-20-9-7-18-31(37)33-22-34-32-19-8-10-21-38(32)48(40(34)24-39(33)47)42-45-35(27-12-3-1-4-13-27)23-36(46-42)28-14-5-2-6-15-28/h1-24H. The van der Waals surface area contributed by atoms with E-state index < -0.39 is 0 Å². The number of hydrogen-bond donors (Lipinski definition) is 0. The highest BCUT2D eigenvalue weighted by atomic mass is 15.2. The smallest absolute Gasteiger partial charge is 0.235 e. The second-order valence-corrected chi connectivity index (χ2v) is 11.7. The normalized spacial score (nSPS) is 11.3. The van der Waals surface area contributed by atoms with E-state index in [1.807, 2.05) is 66.7 Å². The van der Waals surface area contributed by atoms with E-state index in [-0.39, 0.29) is 0 Å². The number of fused-ring (bicyclic) bond motifs is 6. The Kier molecular flexibility index (Phi) is 6.15. The first-order chi connectivity index (χ1) is 23.7. The van der Waals surface area contributed by atoms with Gasteiger partial charge in [0, 0.05) is 32.7 Å². The number of aromatic nitrogens is 4. The molecule has 0 unspecified atom stereocenters. The number of rotatable bonds is 4. The maximum Gasteiger partial charge on any atom is 0.235 e. The van der Waals surface area contributed by atoms with Crippen LogP contribution in [0.25, 0.3) is 77.8 Å². The Morgan fingerprint density at radius 1 is 0.417 bits per heavy atom. The van der Waals surface area contributed by atoms with Gasteiger partial charge in [-0.1, -0.05) is 103 Å². The van der Waals surface area contributed by atoms with E-state index >= 15 is 0 Å². The van der Waals surface area contributed by atoms with Gasteiger partial charge in [0.2, 0.25) is 5.95 Å². The molecule has 0 spiro atoms. The summed E-state index contributed by atoms with van der Waals surface area (Å²) >= 11 is 0. The molecule has 0 amide bonds. The van der Waals surface area contributed by atoms with Gasteiger partial charge in [-0.2, -0.15) is 10.5 Å². The molecule has 0 aliphatic heterocycles. The first-order valence-corrected chi connectivity index (χ1v) is 15.6. The molecule has 9 aromatic rings.